The highest BCUT2D eigenvalue weighted by atomic mass is 16.6. The Hall–Kier alpha value is -0.835. The fraction of sp³-hybridized carbons (Fsp3) is 0.625. The molecule has 0 N–H and O–H groups in total. The topological polar surface area (TPSA) is 27.7 Å². The Kier molecular flexibility index (Phi) is 5.64. The molecule has 1 aliphatic heterocycles. The van der Waals surface area contributed by atoms with E-state index >= 15 is 0 Å². The maximum atomic E-state index is 5.87. The number of benzene rings is 1. The number of hydrogen-bond acceptors (Lipinski definition) is 3. The molecule has 0 unspecified atom stereocenters. The van der Waals surface area contributed by atoms with Crippen LogP contribution in [-0.2, 0) is 33.7 Å². The summed E-state index contributed by atoms with van der Waals surface area (Å²) in [6.45, 7) is 7.55. The van der Waals surface area contributed by atoms with Crippen LogP contribution in [0.4, 0.5) is 0 Å². The van der Waals surface area contributed by atoms with E-state index < -0.39 is 0 Å². The molecular formula is C16H25BO3. The van der Waals surface area contributed by atoms with Crippen LogP contribution in [0.2, 0.25) is 0 Å². The summed E-state index contributed by atoms with van der Waals surface area (Å²) in [4.78, 5) is 0. The number of aryl methyl sites for hydroxylation is 1. The Bertz CT molecular complexity index is 446. The lowest BCUT2D eigenvalue weighted by atomic mass is 9.74. The van der Waals surface area contributed by atoms with Crippen molar-refractivity contribution in [1.82, 2.24) is 0 Å². The van der Waals surface area contributed by atoms with Gasteiger partial charge in [-0.2, -0.15) is 0 Å². The summed E-state index contributed by atoms with van der Waals surface area (Å²) in [5.41, 5.74) is 5.03. The maximum Gasteiger partial charge on any atom is 0.495 e. The first kappa shape index (κ1) is 15.6. The molecule has 110 valence electrons. The van der Waals surface area contributed by atoms with Crippen LogP contribution in [0.3, 0.4) is 0 Å². The van der Waals surface area contributed by atoms with Crippen LogP contribution in [0.5, 0.6) is 0 Å². The highest BCUT2D eigenvalue weighted by Gasteiger charge is 2.34. The van der Waals surface area contributed by atoms with Gasteiger partial charge in [0.25, 0.3) is 0 Å². The minimum atomic E-state index is -0.240. The molecule has 0 saturated heterocycles. The molecule has 0 amide bonds. The standard InChI is InChI=1S/C16H25BO3/c1-5-6-7-13-8-14(10-18-4)16-15(9-13)11-19-17(16)20-12(2)3/h8-9,12H,5-7,10-11H2,1-4H3. The number of ether oxygens (including phenoxy) is 1. The van der Waals surface area contributed by atoms with Crippen LogP contribution in [0.1, 0.15) is 50.3 Å². The van der Waals surface area contributed by atoms with Gasteiger partial charge in [0.15, 0.2) is 0 Å². The first-order valence-corrected chi connectivity index (χ1v) is 7.56. The molecule has 0 saturated carbocycles. The van der Waals surface area contributed by atoms with Gasteiger partial charge in [0, 0.05) is 13.2 Å². The Morgan fingerprint density at radius 2 is 2.15 bits per heavy atom. The lowest BCUT2D eigenvalue weighted by Crippen LogP contribution is -2.37. The van der Waals surface area contributed by atoms with Crippen molar-refractivity contribution in [2.24, 2.45) is 0 Å². The van der Waals surface area contributed by atoms with Crippen LogP contribution in [0.25, 0.3) is 0 Å². The predicted molar refractivity (Wildman–Crippen MR) is 82.2 cm³/mol. The molecule has 0 aliphatic carbocycles. The number of rotatable bonds is 7. The molecule has 0 radical (unpaired) electrons. The predicted octanol–water partition coefficient (Wildman–Crippen LogP) is 2.83. The third kappa shape index (κ3) is 3.63. The Morgan fingerprint density at radius 3 is 2.80 bits per heavy atom. The Labute approximate surface area is 122 Å². The molecular weight excluding hydrogens is 251 g/mol. The highest BCUT2D eigenvalue weighted by molar-refractivity contribution is 6.63. The van der Waals surface area contributed by atoms with Crippen molar-refractivity contribution in [1.29, 1.82) is 0 Å². The van der Waals surface area contributed by atoms with E-state index in [2.05, 4.69) is 19.1 Å². The van der Waals surface area contributed by atoms with E-state index in [0.717, 1.165) is 6.42 Å². The molecule has 1 aromatic rings. The second-order valence-corrected chi connectivity index (χ2v) is 5.69. The van der Waals surface area contributed by atoms with Crippen LogP contribution >= 0.6 is 0 Å². The zero-order chi connectivity index (χ0) is 14.5. The average molecular weight is 276 g/mol. The van der Waals surface area contributed by atoms with Crippen molar-refractivity contribution in [3.05, 3.63) is 28.8 Å². The minimum Gasteiger partial charge on any atom is -0.405 e. The highest BCUT2D eigenvalue weighted by Crippen LogP contribution is 2.20. The molecule has 3 nitrogen and oxygen atoms in total. The summed E-state index contributed by atoms with van der Waals surface area (Å²) in [6, 6.07) is 4.53. The molecule has 2 rings (SSSR count). The van der Waals surface area contributed by atoms with Crippen molar-refractivity contribution in [3.8, 4) is 0 Å². The summed E-state index contributed by atoms with van der Waals surface area (Å²) in [5, 5.41) is 0. The Balaban J connectivity index is 2.28. The smallest absolute Gasteiger partial charge is 0.405 e. The zero-order valence-corrected chi connectivity index (χ0v) is 13.1. The summed E-state index contributed by atoms with van der Waals surface area (Å²) >= 11 is 0. The van der Waals surface area contributed by atoms with E-state index in [-0.39, 0.29) is 13.2 Å². The molecule has 1 heterocycles. The molecule has 1 aliphatic rings. The third-order valence-corrected chi connectivity index (χ3v) is 3.55. The maximum absolute atomic E-state index is 5.87. The van der Waals surface area contributed by atoms with E-state index in [1.807, 2.05) is 13.8 Å². The largest absolute Gasteiger partial charge is 0.495 e. The lowest BCUT2D eigenvalue weighted by Gasteiger charge is -2.15. The molecule has 0 fully saturated rings. The van der Waals surface area contributed by atoms with E-state index in [1.54, 1.807) is 7.11 Å². The summed E-state index contributed by atoms with van der Waals surface area (Å²) in [6.07, 6.45) is 3.71. The van der Waals surface area contributed by atoms with Gasteiger partial charge in [-0.25, -0.2) is 0 Å². The first-order chi connectivity index (χ1) is 9.65. The third-order valence-electron chi connectivity index (χ3n) is 3.55. The average Bonchev–Trinajstić information content (AvgIpc) is 2.79. The van der Waals surface area contributed by atoms with Crippen molar-refractivity contribution < 1.29 is 14.0 Å². The number of fused-ring (bicyclic) bond motifs is 1. The summed E-state index contributed by atoms with van der Waals surface area (Å²) in [7, 11) is 1.49. The number of hydrogen-bond donors (Lipinski definition) is 0. The van der Waals surface area contributed by atoms with Crippen molar-refractivity contribution in [2.45, 2.75) is 59.4 Å². The van der Waals surface area contributed by atoms with E-state index in [4.69, 9.17) is 14.0 Å². The monoisotopic (exact) mass is 276 g/mol. The fourth-order valence-corrected chi connectivity index (χ4v) is 2.68. The molecule has 4 heteroatoms. The van der Waals surface area contributed by atoms with Crippen molar-refractivity contribution >= 4 is 12.6 Å². The van der Waals surface area contributed by atoms with E-state index in [0.29, 0.717) is 13.2 Å². The normalized spacial score (nSPS) is 14.2. The molecule has 0 spiro atoms. The van der Waals surface area contributed by atoms with Gasteiger partial charge in [-0.3, -0.25) is 0 Å². The summed E-state index contributed by atoms with van der Waals surface area (Å²) < 4.78 is 17.0. The van der Waals surface area contributed by atoms with Gasteiger partial charge in [0.2, 0.25) is 0 Å². The minimum absolute atomic E-state index is 0.154. The van der Waals surface area contributed by atoms with Crippen molar-refractivity contribution in [2.75, 3.05) is 7.11 Å². The second kappa shape index (κ2) is 7.25. The molecule has 20 heavy (non-hydrogen) atoms. The lowest BCUT2D eigenvalue weighted by molar-refractivity contribution is 0.169. The van der Waals surface area contributed by atoms with Crippen LogP contribution in [0.15, 0.2) is 12.1 Å². The van der Waals surface area contributed by atoms with Gasteiger partial charge in [-0.1, -0.05) is 25.5 Å². The van der Waals surface area contributed by atoms with Gasteiger partial charge in [0.1, 0.15) is 0 Å². The van der Waals surface area contributed by atoms with Gasteiger partial charge >= 0.3 is 7.12 Å². The van der Waals surface area contributed by atoms with Crippen LogP contribution < -0.4 is 5.46 Å². The molecule has 0 atom stereocenters. The quantitative estimate of drug-likeness (QED) is 0.717. The van der Waals surface area contributed by atoms with E-state index in [9.17, 15) is 0 Å². The van der Waals surface area contributed by atoms with Crippen molar-refractivity contribution in [3.63, 3.8) is 0 Å². The fourth-order valence-electron chi connectivity index (χ4n) is 2.68. The molecule has 1 aromatic carbocycles. The van der Waals surface area contributed by atoms with Gasteiger partial charge in [0.05, 0.1) is 13.2 Å². The molecule has 0 aromatic heterocycles. The van der Waals surface area contributed by atoms with Crippen LogP contribution in [-0.4, -0.2) is 20.3 Å². The Morgan fingerprint density at radius 1 is 1.35 bits per heavy atom. The molecule has 0 bridgehead atoms. The second-order valence-electron chi connectivity index (χ2n) is 5.69. The van der Waals surface area contributed by atoms with Crippen LogP contribution in [0, 0.1) is 0 Å². The SMILES string of the molecule is CCCCc1cc(COC)c2c(c1)COB2OC(C)C. The summed E-state index contributed by atoms with van der Waals surface area (Å²) in [5.74, 6) is 0. The first-order valence-electron chi connectivity index (χ1n) is 7.56. The number of unbranched alkanes of at least 4 members (excludes halogenated alkanes) is 1. The van der Waals surface area contributed by atoms with Gasteiger partial charge < -0.3 is 14.0 Å². The van der Waals surface area contributed by atoms with Gasteiger partial charge in [-0.15, -0.1) is 0 Å². The van der Waals surface area contributed by atoms with Gasteiger partial charge in [-0.05, 0) is 48.8 Å². The zero-order valence-electron chi connectivity index (χ0n) is 13.1. The number of methoxy groups -OCH3 is 1. The van der Waals surface area contributed by atoms with E-state index in [1.165, 1.54) is 35.0 Å².